The quantitative estimate of drug-likeness (QED) is 0.426. The van der Waals surface area contributed by atoms with Crippen molar-refractivity contribution >= 4 is 12.0 Å². The average molecular weight is 235 g/mol. The maximum atomic E-state index is 10.5. The number of carbonyl (C=O) groups excluding carboxylic acids is 1. The molecule has 1 aromatic rings. The average Bonchev–Trinajstić information content (AvgIpc) is 2.35. The van der Waals surface area contributed by atoms with Gasteiger partial charge in [0.2, 0.25) is 0 Å². The van der Waals surface area contributed by atoms with Gasteiger partial charge in [-0.05, 0) is 24.6 Å². The van der Waals surface area contributed by atoms with E-state index in [1.807, 2.05) is 0 Å². The van der Waals surface area contributed by atoms with E-state index in [0.717, 1.165) is 12.7 Å². The van der Waals surface area contributed by atoms with Crippen molar-refractivity contribution in [3.8, 4) is 5.75 Å². The third kappa shape index (κ3) is 4.89. The largest absolute Gasteiger partial charge is 0.491 e. The van der Waals surface area contributed by atoms with Crippen molar-refractivity contribution in [3.63, 3.8) is 0 Å². The summed E-state index contributed by atoms with van der Waals surface area (Å²) in [6, 6.07) is 5.11. The van der Waals surface area contributed by atoms with Crippen LogP contribution < -0.4 is 10.5 Å². The number of nitrogens with two attached hydrogens (primary N) is 1. The van der Waals surface area contributed by atoms with Gasteiger partial charge < -0.3 is 10.5 Å². The fraction of sp³-hybridized carbons (Fsp3) is 0.500. The van der Waals surface area contributed by atoms with Crippen LogP contribution in [0.5, 0.6) is 5.75 Å². The van der Waals surface area contributed by atoms with Gasteiger partial charge in [-0.1, -0.05) is 32.6 Å². The molecule has 0 atom stereocenters. The molecule has 3 heteroatoms. The summed E-state index contributed by atoms with van der Waals surface area (Å²) in [7, 11) is 0. The lowest BCUT2D eigenvalue weighted by Crippen LogP contribution is -2.01. The molecule has 0 aliphatic heterocycles. The molecule has 0 unspecified atom stereocenters. The minimum atomic E-state index is 0.531. The lowest BCUT2D eigenvalue weighted by atomic mass is 10.2. The van der Waals surface area contributed by atoms with Crippen LogP contribution >= 0.6 is 0 Å². The van der Waals surface area contributed by atoms with E-state index in [9.17, 15) is 4.79 Å². The van der Waals surface area contributed by atoms with Crippen LogP contribution in [0.3, 0.4) is 0 Å². The van der Waals surface area contributed by atoms with Gasteiger partial charge in [0.15, 0.2) is 0 Å². The van der Waals surface area contributed by atoms with Crippen LogP contribution in [0.15, 0.2) is 18.2 Å². The highest BCUT2D eigenvalue weighted by Crippen LogP contribution is 2.22. The van der Waals surface area contributed by atoms with E-state index in [1.165, 1.54) is 25.7 Å². The number of benzene rings is 1. The smallest absolute Gasteiger partial charge is 0.150 e. The molecule has 0 saturated heterocycles. The minimum absolute atomic E-state index is 0.531. The predicted molar refractivity (Wildman–Crippen MR) is 70.5 cm³/mol. The van der Waals surface area contributed by atoms with Gasteiger partial charge in [-0.2, -0.15) is 0 Å². The highest BCUT2D eigenvalue weighted by atomic mass is 16.5. The van der Waals surface area contributed by atoms with Crippen molar-refractivity contribution in [1.82, 2.24) is 0 Å². The number of nitrogen functional groups attached to an aromatic ring is 1. The Kier molecular flexibility index (Phi) is 6.15. The molecule has 0 fully saturated rings. The number of rotatable bonds is 8. The number of carbonyl (C=O) groups is 1. The van der Waals surface area contributed by atoms with Crippen molar-refractivity contribution in [2.75, 3.05) is 12.3 Å². The molecule has 0 radical (unpaired) electrons. The molecule has 0 saturated carbocycles. The van der Waals surface area contributed by atoms with E-state index in [4.69, 9.17) is 10.5 Å². The summed E-state index contributed by atoms with van der Waals surface area (Å²) in [5.41, 5.74) is 6.89. The molecule has 94 valence electrons. The highest BCUT2D eigenvalue weighted by Gasteiger charge is 2.01. The number of aldehydes is 1. The molecule has 0 spiro atoms. The Hall–Kier alpha value is -1.51. The Morgan fingerprint density at radius 2 is 2.00 bits per heavy atom. The Balaban J connectivity index is 2.29. The predicted octanol–water partition coefficient (Wildman–Crippen LogP) is 3.43. The van der Waals surface area contributed by atoms with Crippen LogP contribution in [-0.4, -0.2) is 12.9 Å². The SMILES string of the molecule is CCCCCCCOc1ccc(C=O)cc1N. The summed E-state index contributed by atoms with van der Waals surface area (Å²) in [5.74, 6) is 0.672. The monoisotopic (exact) mass is 235 g/mol. The molecule has 17 heavy (non-hydrogen) atoms. The second-order valence-corrected chi connectivity index (χ2v) is 4.18. The van der Waals surface area contributed by atoms with Crippen molar-refractivity contribution in [2.45, 2.75) is 39.0 Å². The van der Waals surface area contributed by atoms with E-state index in [1.54, 1.807) is 18.2 Å². The first kappa shape index (κ1) is 13.6. The van der Waals surface area contributed by atoms with Crippen LogP contribution in [0.1, 0.15) is 49.4 Å². The van der Waals surface area contributed by atoms with Crippen LogP contribution in [0, 0.1) is 0 Å². The molecular formula is C14H21NO2. The van der Waals surface area contributed by atoms with Crippen LogP contribution in [-0.2, 0) is 0 Å². The number of unbranched alkanes of at least 4 members (excludes halogenated alkanes) is 4. The van der Waals surface area contributed by atoms with Gasteiger partial charge in [-0.25, -0.2) is 0 Å². The molecule has 0 bridgehead atoms. The first-order chi connectivity index (χ1) is 8.27. The van der Waals surface area contributed by atoms with Crippen molar-refractivity contribution in [1.29, 1.82) is 0 Å². The van der Waals surface area contributed by atoms with E-state index < -0.39 is 0 Å². The molecular weight excluding hydrogens is 214 g/mol. The summed E-state index contributed by atoms with van der Waals surface area (Å²) in [6.07, 6.45) is 6.83. The van der Waals surface area contributed by atoms with Crippen molar-refractivity contribution in [3.05, 3.63) is 23.8 Å². The number of anilines is 1. The molecule has 1 rings (SSSR count). The van der Waals surface area contributed by atoms with Gasteiger partial charge in [-0.3, -0.25) is 4.79 Å². The van der Waals surface area contributed by atoms with Gasteiger partial charge in [0.25, 0.3) is 0 Å². The fourth-order valence-corrected chi connectivity index (χ4v) is 1.66. The Labute approximate surface area is 103 Å². The lowest BCUT2D eigenvalue weighted by Gasteiger charge is -2.08. The van der Waals surface area contributed by atoms with Crippen molar-refractivity contribution < 1.29 is 9.53 Å². The Bertz CT molecular complexity index is 350. The second kappa shape index (κ2) is 7.71. The Morgan fingerprint density at radius 1 is 1.24 bits per heavy atom. The molecule has 0 aromatic heterocycles. The zero-order valence-corrected chi connectivity index (χ0v) is 10.4. The standard InChI is InChI=1S/C14H21NO2/c1-2-3-4-5-6-9-17-14-8-7-12(11-16)10-13(14)15/h7-8,10-11H,2-6,9,15H2,1H3. The second-order valence-electron chi connectivity index (χ2n) is 4.18. The summed E-state index contributed by atoms with van der Waals surface area (Å²) < 4.78 is 5.58. The van der Waals surface area contributed by atoms with Gasteiger partial charge in [0, 0.05) is 5.56 Å². The van der Waals surface area contributed by atoms with E-state index in [2.05, 4.69) is 6.92 Å². The zero-order valence-electron chi connectivity index (χ0n) is 10.4. The fourth-order valence-electron chi connectivity index (χ4n) is 1.66. The molecule has 1 aromatic carbocycles. The van der Waals surface area contributed by atoms with E-state index in [0.29, 0.717) is 23.6 Å². The van der Waals surface area contributed by atoms with Gasteiger partial charge in [0.1, 0.15) is 12.0 Å². The Morgan fingerprint density at radius 3 is 2.65 bits per heavy atom. The molecule has 3 nitrogen and oxygen atoms in total. The van der Waals surface area contributed by atoms with Gasteiger partial charge in [-0.15, -0.1) is 0 Å². The van der Waals surface area contributed by atoms with E-state index in [-0.39, 0.29) is 0 Å². The topological polar surface area (TPSA) is 52.3 Å². The molecule has 2 N–H and O–H groups in total. The number of hydrogen-bond donors (Lipinski definition) is 1. The van der Waals surface area contributed by atoms with Crippen LogP contribution in [0.2, 0.25) is 0 Å². The molecule has 0 aliphatic rings. The van der Waals surface area contributed by atoms with E-state index >= 15 is 0 Å². The van der Waals surface area contributed by atoms with Gasteiger partial charge in [0.05, 0.1) is 12.3 Å². The summed E-state index contributed by atoms with van der Waals surface area (Å²) in [6.45, 7) is 2.89. The number of ether oxygens (including phenoxy) is 1. The third-order valence-electron chi connectivity index (χ3n) is 2.68. The molecule has 0 amide bonds. The molecule has 0 heterocycles. The molecule has 0 aliphatic carbocycles. The highest BCUT2D eigenvalue weighted by molar-refractivity contribution is 5.78. The third-order valence-corrected chi connectivity index (χ3v) is 2.68. The van der Waals surface area contributed by atoms with Crippen LogP contribution in [0.4, 0.5) is 5.69 Å². The normalized spacial score (nSPS) is 10.2. The zero-order chi connectivity index (χ0) is 12.5. The summed E-state index contributed by atoms with van der Waals surface area (Å²) in [4.78, 5) is 10.5. The lowest BCUT2D eigenvalue weighted by molar-refractivity contribution is 0.112. The summed E-state index contributed by atoms with van der Waals surface area (Å²) >= 11 is 0. The minimum Gasteiger partial charge on any atom is -0.491 e. The first-order valence-corrected chi connectivity index (χ1v) is 6.25. The maximum absolute atomic E-state index is 10.5. The van der Waals surface area contributed by atoms with Gasteiger partial charge >= 0.3 is 0 Å². The van der Waals surface area contributed by atoms with Crippen molar-refractivity contribution in [2.24, 2.45) is 0 Å². The first-order valence-electron chi connectivity index (χ1n) is 6.25. The van der Waals surface area contributed by atoms with Crippen LogP contribution in [0.25, 0.3) is 0 Å². The number of hydrogen-bond acceptors (Lipinski definition) is 3. The summed E-state index contributed by atoms with van der Waals surface area (Å²) in [5, 5.41) is 0. The maximum Gasteiger partial charge on any atom is 0.150 e.